The van der Waals surface area contributed by atoms with Gasteiger partial charge in [0.2, 0.25) is 0 Å². The van der Waals surface area contributed by atoms with Gasteiger partial charge in [0.05, 0.1) is 6.04 Å². The normalized spacial score (nSPS) is 13.1. The Balaban J connectivity index is 2.82. The molecule has 1 rings (SSSR count). The van der Waals surface area contributed by atoms with Gasteiger partial charge in [-0.1, -0.05) is 18.5 Å². The lowest BCUT2D eigenvalue weighted by Gasteiger charge is -2.16. The summed E-state index contributed by atoms with van der Waals surface area (Å²) < 4.78 is 0.595. The van der Waals surface area contributed by atoms with Gasteiger partial charge in [-0.05, 0) is 34.5 Å². The fraction of sp³-hybridized carbons (Fsp3) is 0.364. The number of hydrogen-bond donors (Lipinski definition) is 3. The third-order valence-electron chi connectivity index (χ3n) is 2.33. The SMILES string of the molecule is CCCC(NC(=O)c1ncccc1Br)/C(N)=N/O. The maximum absolute atomic E-state index is 12.0. The molecule has 1 aromatic heterocycles. The van der Waals surface area contributed by atoms with Crippen LogP contribution in [-0.4, -0.2) is 28.0 Å². The van der Waals surface area contributed by atoms with Crippen LogP contribution in [0.15, 0.2) is 28.0 Å². The number of amides is 1. The van der Waals surface area contributed by atoms with Crippen molar-refractivity contribution in [2.75, 3.05) is 0 Å². The third-order valence-corrected chi connectivity index (χ3v) is 2.97. The molecule has 1 amide bonds. The Kier molecular flexibility index (Phi) is 5.57. The summed E-state index contributed by atoms with van der Waals surface area (Å²) in [6, 6.07) is 2.94. The number of carbonyl (C=O) groups is 1. The summed E-state index contributed by atoms with van der Waals surface area (Å²) in [5.74, 6) is -0.384. The van der Waals surface area contributed by atoms with Gasteiger partial charge >= 0.3 is 0 Å². The largest absolute Gasteiger partial charge is 0.409 e. The van der Waals surface area contributed by atoms with Crippen LogP contribution in [0.4, 0.5) is 0 Å². The van der Waals surface area contributed by atoms with E-state index in [1.807, 2.05) is 6.92 Å². The summed E-state index contributed by atoms with van der Waals surface area (Å²) in [6.07, 6.45) is 2.91. The van der Waals surface area contributed by atoms with Crippen LogP contribution >= 0.6 is 15.9 Å². The first-order chi connectivity index (χ1) is 8.60. The zero-order chi connectivity index (χ0) is 13.5. The highest BCUT2D eigenvalue weighted by Gasteiger charge is 2.19. The number of amidine groups is 1. The van der Waals surface area contributed by atoms with Gasteiger partial charge in [-0.25, -0.2) is 4.98 Å². The summed E-state index contributed by atoms with van der Waals surface area (Å²) in [5.41, 5.74) is 5.79. The Morgan fingerprint density at radius 3 is 3.00 bits per heavy atom. The van der Waals surface area contributed by atoms with Gasteiger partial charge in [-0.3, -0.25) is 4.79 Å². The van der Waals surface area contributed by atoms with Crippen molar-refractivity contribution < 1.29 is 10.0 Å². The highest BCUT2D eigenvalue weighted by molar-refractivity contribution is 9.10. The fourth-order valence-electron chi connectivity index (χ4n) is 1.43. The lowest BCUT2D eigenvalue weighted by molar-refractivity contribution is 0.0939. The molecule has 0 radical (unpaired) electrons. The minimum Gasteiger partial charge on any atom is -0.409 e. The summed E-state index contributed by atoms with van der Waals surface area (Å²) in [6.45, 7) is 1.94. The van der Waals surface area contributed by atoms with E-state index in [1.165, 1.54) is 6.20 Å². The number of pyridine rings is 1. The molecule has 0 spiro atoms. The average molecular weight is 315 g/mol. The minimum absolute atomic E-state index is 0.0164. The molecule has 1 unspecified atom stereocenters. The number of carbonyl (C=O) groups excluding carboxylic acids is 1. The average Bonchev–Trinajstić information content (AvgIpc) is 2.37. The number of nitrogens with two attached hydrogens (primary N) is 1. The lowest BCUT2D eigenvalue weighted by Crippen LogP contribution is -2.44. The molecule has 0 aliphatic heterocycles. The lowest BCUT2D eigenvalue weighted by atomic mass is 10.1. The molecule has 18 heavy (non-hydrogen) atoms. The highest BCUT2D eigenvalue weighted by atomic mass is 79.9. The molecule has 0 aliphatic carbocycles. The van der Waals surface area contributed by atoms with Crippen LogP contribution in [0.3, 0.4) is 0 Å². The first kappa shape index (κ1) is 14.4. The predicted molar refractivity (Wildman–Crippen MR) is 71.5 cm³/mol. The molecule has 4 N–H and O–H groups in total. The number of halogens is 1. The van der Waals surface area contributed by atoms with E-state index in [2.05, 4.69) is 31.4 Å². The zero-order valence-electron chi connectivity index (χ0n) is 9.93. The first-order valence-electron chi connectivity index (χ1n) is 5.49. The van der Waals surface area contributed by atoms with Gasteiger partial charge < -0.3 is 16.3 Å². The van der Waals surface area contributed by atoms with Crippen molar-refractivity contribution in [2.45, 2.75) is 25.8 Å². The smallest absolute Gasteiger partial charge is 0.271 e. The molecule has 1 aromatic rings. The molecule has 1 heterocycles. The zero-order valence-corrected chi connectivity index (χ0v) is 11.5. The molecule has 98 valence electrons. The molecule has 7 heteroatoms. The summed E-state index contributed by atoms with van der Waals surface area (Å²) in [7, 11) is 0. The Hall–Kier alpha value is -1.63. The maximum atomic E-state index is 12.0. The second kappa shape index (κ2) is 6.95. The first-order valence-corrected chi connectivity index (χ1v) is 6.28. The van der Waals surface area contributed by atoms with Crippen LogP contribution in [0.25, 0.3) is 0 Å². The number of oxime groups is 1. The number of nitrogens with zero attached hydrogens (tertiary/aromatic N) is 2. The number of aromatic nitrogens is 1. The molecule has 0 saturated heterocycles. The van der Waals surface area contributed by atoms with Gasteiger partial charge in [0.1, 0.15) is 5.69 Å². The van der Waals surface area contributed by atoms with Gasteiger partial charge in [0, 0.05) is 10.7 Å². The second-order valence-corrected chi connectivity index (χ2v) is 4.53. The molecule has 0 fully saturated rings. The van der Waals surface area contributed by atoms with Crippen LogP contribution in [0.2, 0.25) is 0 Å². The van der Waals surface area contributed by atoms with Crippen molar-refractivity contribution >= 4 is 27.7 Å². The van der Waals surface area contributed by atoms with Gasteiger partial charge in [-0.2, -0.15) is 0 Å². The topological polar surface area (TPSA) is 101 Å². The molecule has 1 atom stereocenters. The van der Waals surface area contributed by atoms with E-state index in [4.69, 9.17) is 10.9 Å². The monoisotopic (exact) mass is 314 g/mol. The Morgan fingerprint density at radius 1 is 1.72 bits per heavy atom. The van der Waals surface area contributed by atoms with Gasteiger partial charge in [0.25, 0.3) is 5.91 Å². The van der Waals surface area contributed by atoms with Crippen molar-refractivity contribution in [3.8, 4) is 0 Å². The van der Waals surface area contributed by atoms with Crippen LogP contribution in [0, 0.1) is 0 Å². The van der Waals surface area contributed by atoms with Crippen molar-refractivity contribution in [1.29, 1.82) is 0 Å². The van der Waals surface area contributed by atoms with Gasteiger partial charge in [-0.15, -0.1) is 0 Å². The van der Waals surface area contributed by atoms with E-state index >= 15 is 0 Å². The Bertz CT molecular complexity index is 450. The van der Waals surface area contributed by atoms with Crippen molar-refractivity contribution in [2.24, 2.45) is 10.9 Å². The van der Waals surface area contributed by atoms with Crippen LogP contribution in [0.5, 0.6) is 0 Å². The summed E-state index contributed by atoms with van der Waals surface area (Å²) >= 11 is 3.25. The molecule has 6 nitrogen and oxygen atoms in total. The van der Waals surface area contributed by atoms with E-state index < -0.39 is 6.04 Å². The summed E-state index contributed by atoms with van der Waals surface area (Å²) in [5, 5.41) is 14.3. The Morgan fingerprint density at radius 2 is 2.44 bits per heavy atom. The van der Waals surface area contributed by atoms with Crippen LogP contribution in [-0.2, 0) is 0 Å². The predicted octanol–water partition coefficient (Wildman–Crippen LogP) is 1.49. The maximum Gasteiger partial charge on any atom is 0.271 e. The van der Waals surface area contributed by atoms with Crippen molar-refractivity contribution in [1.82, 2.24) is 10.3 Å². The quantitative estimate of drug-likeness (QED) is 0.332. The standard InChI is InChI=1S/C11H15BrN4O2/c1-2-4-8(10(13)16-18)15-11(17)9-7(12)5-3-6-14-9/h3,5-6,8,18H,2,4H2,1H3,(H2,13,16)(H,15,17). The van der Waals surface area contributed by atoms with E-state index in [-0.39, 0.29) is 17.4 Å². The molecule has 0 saturated carbocycles. The number of nitrogens with one attached hydrogen (secondary N) is 1. The second-order valence-electron chi connectivity index (χ2n) is 3.67. The van der Waals surface area contributed by atoms with E-state index in [1.54, 1.807) is 12.1 Å². The Labute approximate surface area is 113 Å². The number of hydrogen-bond acceptors (Lipinski definition) is 4. The number of rotatable bonds is 5. The van der Waals surface area contributed by atoms with E-state index in [0.29, 0.717) is 10.9 Å². The molecular formula is C11H15BrN4O2. The minimum atomic E-state index is -0.499. The molecule has 0 aliphatic rings. The molecule has 0 aromatic carbocycles. The molecular weight excluding hydrogens is 300 g/mol. The van der Waals surface area contributed by atoms with Crippen LogP contribution < -0.4 is 11.1 Å². The fourth-order valence-corrected chi connectivity index (χ4v) is 1.87. The third kappa shape index (κ3) is 3.69. The highest BCUT2D eigenvalue weighted by Crippen LogP contribution is 2.13. The summed E-state index contributed by atoms with van der Waals surface area (Å²) in [4.78, 5) is 15.9. The van der Waals surface area contributed by atoms with Crippen molar-refractivity contribution in [3.63, 3.8) is 0 Å². The van der Waals surface area contributed by atoms with E-state index in [9.17, 15) is 4.79 Å². The van der Waals surface area contributed by atoms with Gasteiger partial charge in [0.15, 0.2) is 5.84 Å². The molecule has 0 bridgehead atoms. The van der Waals surface area contributed by atoms with E-state index in [0.717, 1.165) is 6.42 Å². The van der Waals surface area contributed by atoms with Crippen molar-refractivity contribution in [3.05, 3.63) is 28.5 Å². The van der Waals surface area contributed by atoms with Crippen LogP contribution in [0.1, 0.15) is 30.3 Å².